The second kappa shape index (κ2) is 5.12. The van der Waals surface area contributed by atoms with Crippen molar-refractivity contribution in [1.29, 1.82) is 0 Å². The van der Waals surface area contributed by atoms with Crippen molar-refractivity contribution in [2.45, 2.75) is 17.9 Å². The quantitative estimate of drug-likeness (QED) is 0.802. The van der Waals surface area contributed by atoms with Crippen molar-refractivity contribution >= 4 is 17.4 Å². The van der Waals surface area contributed by atoms with Crippen LogP contribution in [0, 0.1) is 0 Å². The Labute approximate surface area is 100 Å². The first-order chi connectivity index (χ1) is 7.79. The standard InChI is InChI=1S/C13H15NOS/c1-10(11-7-8-15-9-11)14-12-3-5-13(16-2)6-4-12/h3-10,14H,1-2H3. The van der Waals surface area contributed by atoms with Crippen LogP contribution in [0.25, 0.3) is 0 Å². The molecule has 0 saturated heterocycles. The van der Waals surface area contributed by atoms with Crippen molar-refractivity contribution in [2.75, 3.05) is 11.6 Å². The molecule has 0 aliphatic heterocycles. The first-order valence-corrected chi connectivity index (χ1v) is 6.45. The fourth-order valence-electron chi connectivity index (χ4n) is 1.54. The van der Waals surface area contributed by atoms with Gasteiger partial charge in [0.15, 0.2) is 0 Å². The largest absolute Gasteiger partial charge is 0.472 e. The first kappa shape index (κ1) is 11.1. The molecular formula is C13H15NOS. The van der Waals surface area contributed by atoms with Crippen molar-refractivity contribution < 1.29 is 4.42 Å². The van der Waals surface area contributed by atoms with Gasteiger partial charge in [0.1, 0.15) is 0 Å². The van der Waals surface area contributed by atoms with Crippen molar-refractivity contribution in [3.05, 3.63) is 48.4 Å². The van der Waals surface area contributed by atoms with Crippen LogP contribution in [0.2, 0.25) is 0 Å². The lowest BCUT2D eigenvalue weighted by Gasteiger charge is -2.13. The van der Waals surface area contributed by atoms with Crippen molar-refractivity contribution in [1.82, 2.24) is 0 Å². The molecule has 1 heterocycles. The number of benzene rings is 1. The molecule has 1 aromatic carbocycles. The lowest BCUT2D eigenvalue weighted by atomic mass is 10.1. The van der Waals surface area contributed by atoms with E-state index >= 15 is 0 Å². The van der Waals surface area contributed by atoms with Gasteiger partial charge in [-0.15, -0.1) is 11.8 Å². The third-order valence-electron chi connectivity index (χ3n) is 2.52. The monoisotopic (exact) mass is 233 g/mol. The molecule has 3 heteroatoms. The van der Waals surface area contributed by atoms with Crippen molar-refractivity contribution in [2.24, 2.45) is 0 Å². The lowest BCUT2D eigenvalue weighted by Crippen LogP contribution is -2.05. The summed E-state index contributed by atoms with van der Waals surface area (Å²) in [7, 11) is 0. The van der Waals surface area contributed by atoms with E-state index < -0.39 is 0 Å². The molecule has 0 spiro atoms. The first-order valence-electron chi connectivity index (χ1n) is 5.22. The molecule has 84 valence electrons. The van der Waals surface area contributed by atoms with Gasteiger partial charge in [0, 0.05) is 16.1 Å². The van der Waals surface area contributed by atoms with E-state index in [2.05, 4.69) is 42.8 Å². The Balaban J connectivity index is 2.03. The molecule has 0 aliphatic rings. The van der Waals surface area contributed by atoms with Gasteiger partial charge >= 0.3 is 0 Å². The summed E-state index contributed by atoms with van der Waals surface area (Å²) in [6, 6.07) is 10.7. The Morgan fingerprint density at radius 2 is 1.94 bits per heavy atom. The van der Waals surface area contributed by atoms with Crippen LogP contribution in [-0.4, -0.2) is 6.26 Å². The average molecular weight is 233 g/mol. The molecule has 0 radical (unpaired) electrons. The molecule has 1 unspecified atom stereocenters. The summed E-state index contributed by atoms with van der Waals surface area (Å²) in [5.74, 6) is 0. The maximum Gasteiger partial charge on any atom is 0.0955 e. The number of hydrogen-bond acceptors (Lipinski definition) is 3. The van der Waals surface area contributed by atoms with Crippen LogP contribution in [-0.2, 0) is 0 Å². The number of thioether (sulfide) groups is 1. The molecule has 1 N–H and O–H groups in total. The molecule has 0 bridgehead atoms. The highest BCUT2D eigenvalue weighted by molar-refractivity contribution is 7.98. The maximum absolute atomic E-state index is 5.07. The van der Waals surface area contributed by atoms with Gasteiger partial charge in [0.05, 0.1) is 18.6 Å². The van der Waals surface area contributed by atoms with Crippen molar-refractivity contribution in [3.63, 3.8) is 0 Å². The van der Waals surface area contributed by atoms with E-state index in [1.54, 1.807) is 24.3 Å². The zero-order valence-corrected chi connectivity index (χ0v) is 10.3. The zero-order chi connectivity index (χ0) is 11.4. The molecule has 1 aromatic heterocycles. The minimum absolute atomic E-state index is 0.263. The fraction of sp³-hybridized carbons (Fsp3) is 0.231. The maximum atomic E-state index is 5.07. The van der Waals surface area contributed by atoms with E-state index in [-0.39, 0.29) is 6.04 Å². The number of furan rings is 1. The predicted molar refractivity (Wildman–Crippen MR) is 69.0 cm³/mol. The average Bonchev–Trinajstić information content (AvgIpc) is 2.83. The van der Waals surface area contributed by atoms with E-state index in [9.17, 15) is 0 Å². The molecule has 0 saturated carbocycles. The molecule has 2 aromatic rings. The van der Waals surface area contributed by atoms with Gasteiger partial charge in [-0.3, -0.25) is 0 Å². The van der Waals surface area contributed by atoms with Crippen LogP contribution < -0.4 is 5.32 Å². The molecule has 0 aliphatic carbocycles. The normalized spacial score (nSPS) is 12.4. The summed E-state index contributed by atoms with van der Waals surface area (Å²) in [6.45, 7) is 2.12. The second-order valence-corrected chi connectivity index (χ2v) is 4.53. The van der Waals surface area contributed by atoms with Crippen LogP contribution in [0.4, 0.5) is 5.69 Å². The van der Waals surface area contributed by atoms with Crippen LogP contribution in [0.5, 0.6) is 0 Å². The third-order valence-corrected chi connectivity index (χ3v) is 3.26. The minimum atomic E-state index is 0.263. The van der Waals surface area contributed by atoms with Gasteiger partial charge < -0.3 is 9.73 Å². The van der Waals surface area contributed by atoms with Gasteiger partial charge in [0.2, 0.25) is 0 Å². The second-order valence-electron chi connectivity index (χ2n) is 3.65. The summed E-state index contributed by atoms with van der Waals surface area (Å²) >= 11 is 1.75. The Bertz CT molecular complexity index is 422. The lowest BCUT2D eigenvalue weighted by molar-refractivity contribution is 0.562. The topological polar surface area (TPSA) is 25.2 Å². The molecule has 2 nitrogen and oxygen atoms in total. The highest BCUT2D eigenvalue weighted by Gasteiger charge is 2.05. The van der Waals surface area contributed by atoms with Gasteiger partial charge in [-0.2, -0.15) is 0 Å². The molecule has 2 rings (SSSR count). The summed E-state index contributed by atoms with van der Waals surface area (Å²) in [5, 5.41) is 3.43. The summed E-state index contributed by atoms with van der Waals surface area (Å²) in [4.78, 5) is 1.28. The number of hydrogen-bond donors (Lipinski definition) is 1. The van der Waals surface area contributed by atoms with Crippen LogP contribution in [0.1, 0.15) is 18.5 Å². The minimum Gasteiger partial charge on any atom is -0.472 e. The Kier molecular flexibility index (Phi) is 3.57. The number of rotatable bonds is 4. The van der Waals surface area contributed by atoms with E-state index in [0.717, 1.165) is 11.3 Å². The van der Waals surface area contributed by atoms with Crippen LogP contribution in [0.15, 0.2) is 52.2 Å². The Morgan fingerprint density at radius 3 is 2.50 bits per heavy atom. The molecule has 16 heavy (non-hydrogen) atoms. The SMILES string of the molecule is CSc1ccc(NC(C)c2ccoc2)cc1. The van der Waals surface area contributed by atoms with Gasteiger partial charge in [0.25, 0.3) is 0 Å². The van der Waals surface area contributed by atoms with E-state index in [1.165, 1.54) is 4.90 Å². The summed E-state index contributed by atoms with van der Waals surface area (Å²) in [6.07, 6.45) is 5.55. The molecule has 0 amide bonds. The zero-order valence-electron chi connectivity index (χ0n) is 9.44. The Morgan fingerprint density at radius 1 is 1.19 bits per heavy atom. The van der Waals surface area contributed by atoms with E-state index in [4.69, 9.17) is 4.42 Å². The van der Waals surface area contributed by atoms with E-state index in [1.807, 2.05) is 6.07 Å². The van der Waals surface area contributed by atoms with E-state index in [0.29, 0.717) is 0 Å². The Hall–Kier alpha value is -1.35. The third kappa shape index (κ3) is 2.61. The highest BCUT2D eigenvalue weighted by atomic mass is 32.2. The summed E-state index contributed by atoms with van der Waals surface area (Å²) < 4.78 is 5.07. The molecular weight excluding hydrogens is 218 g/mol. The van der Waals surface area contributed by atoms with Gasteiger partial charge in [-0.1, -0.05) is 0 Å². The van der Waals surface area contributed by atoms with Crippen LogP contribution in [0.3, 0.4) is 0 Å². The molecule has 0 fully saturated rings. The van der Waals surface area contributed by atoms with Gasteiger partial charge in [-0.05, 0) is 43.5 Å². The smallest absolute Gasteiger partial charge is 0.0955 e. The van der Waals surface area contributed by atoms with Gasteiger partial charge in [-0.25, -0.2) is 0 Å². The predicted octanol–water partition coefficient (Wildman–Crippen LogP) is 4.17. The van der Waals surface area contributed by atoms with Crippen molar-refractivity contribution in [3.8, 4) is 0 Å². The van der Waals surface area contributed by atoms with Crippen LogP contribution >= 0.6 is 11.8 Å². The molecule has 1 atom stereocenters. The highest BCUT2D eigenvalue weighted by Crippen LogP contribution is 2.22. The summed E-state index contributed by atoms with van der Waals surface area (Å²) in [5.41, 5.74) is 2.29. The number of nitrogens with one attached hydrogen (secondary N) is 1. The fourth-order valence-corrected chi connectivity index (χ4v) is 1.95. The number of anilines is 1.